The van der Waals surface area contributed by atoms with Crippen molar-refractivity contribution in [2.24, 2.45) is 0 Å². The summed E-state index contributed by atoms with van der Waals surface area (Å²) in [6.07, 6.45) is 0.329. The minimum atomic E-state index is 0.0181. The average molecular weight is 271 g/mol. The lowest BCUT2D eigenvalue weighted by atomic mass is 10.0. The molecule has 0 saturated carbocycles. The molecular weight excluding hydrogens is 254 g/mol. The lowest BCUT2D eigenvalue weighted by molar-refractivity contribution is 0.0993. The van der Waals surface area contributed by atoms with Gasteiger partial charge in [0.1, 0.15) is 11.5 Å². The van der Waals surface area contributed by atoms with Gasteiger partial charge in [0, 0.05) is 12.0 Å². The van der Waals surface area contributed by atoms with Crippen LogP contribution in [0.25, 0.3) is 0 Å². The molecule has 0 aromatic heterocycles. The summed E-state index contributed by atoms with van der Waals surface area (Å²) in [6.45, 7) is 0. The minimum absolute atomic E-state index is 0.0181. The lowest BCUT2D eigenvalue weighted by Gasteiger charge is -2.07. The molecule has 0 atom stereocenters. The third-order valence-electron chi connectivity index (χ3n) is 3.08. The van der Waals surface area contributed by atoms with Gasteiger partial charge in [0.05, 0.1) is 19.9 Å². The van der Waals surface area contributed by atoms with Crippen molar-refractivity contribution in [3.8, 4) is 11.5 Å². The molecule has 0 aliphatic rings. The van der Waals surface area contributed by atoms with E-state index in [4.69, 9.17) is 15.2 Å². The first-order valence-corrected chi connectivity index (χ1v) is 6.23. The second kappa shape index (κ2) is 6.10. The van der Waals surface area contributed by atoms with Crippen molar-refractivity contribution in [1.82, 2.24) is 0 Å². The van der Waals surface area contributed by atoms with Crippen LogP contribution >= 0.6 is 0 Å². The molecule has 4 heteroatoms. The van der Waals surface area contributed by atoms with Gasteiger partial charge in [-0.3, -0.25) is 4.79 Å². The van der Waals surface area contributed by atoms with Crippen LogP contribution < -0.4 is 15.2 Å². The highest BCUT2D eigenvalue weighted by atomic mass is 16.5. The highest BCUT2D eigenvalue weighted by Gasteiger charge is 2.09. The number of hydrogen-bond acceptors (Lipinski definition) is 4. The Hall–Kier alpha value is -2.49. The maximum atomic E-state index is 12.2. The standard InChI is InChI=1S/C16H17NO3/c1-19-13-6-3-11(4-7-13)9-15(18)12-5-8-16(20-2)14(17)10-12/h3-8,10H,9,17H2,1-2H3. The van der Waals surface area contributed by atoms with Crippen molar-refractivity contribution >= 4 is 11.5 Å². The van der Waals surface area contributed by atoms with Crippen LogP contribution in [-0.4, -0.2) is 20.0 Å². The molecular formula is C16H17NO3. The van der Waals surface area contributed by atoms with E-state index in [0.29, 0.717) is 23.4 Å². The average Bonchev–Trinajstić information content (AvgIpc) is 2.48. The Morgan fingerprint density at radius 3 is 2.30 bits per heavy atom. The molecule has 0 aliphatic carbocycles. The molecule has 0 radical (unpaired) electrons. The maximum Gasteiger partial charge on any atom is 0.167 e. The molecule has 2 aromatic carbocycles. The fourth-order valence-corrected chi connectivity index (χ4v) is 1.94. The first-order valence-electron chi connectivity index (χ1n) is 6.23. The number of nitrogens with two attached hydrogens (primary N) is 1. The summed E-state index contributed by atoms with van der Waals surface area (Å²) in [7, 11) is 3.16. The molecule has 20 heavy (non-hydrogen) atoms. The summed E-state index contributed by atoms with van der Waals surface area (Å²) in [4.78, 5) is 12.2. The number of hydrogen-bond donors (Lipinski definition) is 1. The van der Waals surface area contributed by atoms with E-state index in [-0.39, 0.29) is 5.78 Å². The molecule has 0 saturated heterocycles. The van der Waals surface area contributed by atoms with Crippen LogP contribution in [0.1, 0.15) is 15.9 Å². The van der Waals surface area contributed by atoms with Crippen molar-refractivity contribution in [3.63, 3.8) is 0 Å². The summed E-state index contributed by atoms with van der Waals surface area (Å²) >= 11 is 0. The number of benzene rings is 2. The van der Waals surface area contributed by atoms with Gasteiger partial charge in [-0.2, -0.15) is 0 Å². The van der Waals surface area contributed by atoms with Crippen LogP contribution in [0.2, 0.25) is 0 Å². The van der Waals surface area contributed by atoms with E-state index in [1.54, 1.807) is 32.4 Å². The molecule has 0 fully saturated rings. The highest BCUT2D eigenvalue weighted by molar-refractivity contribution is 5.98. The molecule has 2 aromatic rings. The van der Waals surface area contributed by atoms with Gasteiger partial charge >= 0.3 is 0 Å². The quantitative estimate of drug-likeness (QED) is 0.671. The topological polar surface area (TPSA) is 61.5 Å². The molecule has 0 unspecified atom stereocenters. The lowest BCUT2D eigenvalue weighted by Crippen LogP contribution is -2.05. The maximum absolute atomic E-state index is 12.2. The van der Waals surface area contributed by atoms with Gasteiger partial charge in [-0.25, -0.2) is 0 Å². The normalized spacial score (nSPS) is 10.1. The van der Waals surface area contributed by atoms with Crippen LogP contribution in [0.4, 0.5) is 5.69 Å². The zero-order chi connectivity index (χ0) is 14.5. The van der Waals surface area contributed by atoms with Crippen molar-refractivity contribution < 1.29 is 14.3 Å². The summed E-state index contributed by atoms with van der Waals surface area (Å²) in [5, 5.41) is 0. The highest BCUT2D eigenvalue weighted by Crippen LogP contribution is 2.23. The number of ketones is 1. The van der Waals surface area contributed by atoms with Crippen molar-refractivity contribution in [1.29, 1.82) is 0 Å². The van der Waals surface area contributed by atoms with Gasteiger partial charge in [-0.1, -0.05) is 12.1 Å². The van der Waals surface area contributed by atoms with Gasteiger partial charge in [0.2, 0.25) is 0 Å². The number of carbonyl (C=O) groups is 1. The van der Waals surface area contributed by atoms with Gasteiger partial charge < -0.3 is 15.2 Å². The number of carbonyl (C=O) groups excluding carboxylic acids is 1. The van der Waals surface area contributed by atoms with Gasteiger partial charge in [0.15, 0.2) is 5.78 Å². The zero-order valence-corrected chi connectivity index (χ0v) is 11.6. The molecule has 2 N–H and O–H groups in total. The fraction of sp³-hybridized carbons (Fsp3) is 0.188. The second-order valence-corrected chi connectivity index (χ2v) is 4.40. The van der Waals surface area contributed by atoms with E-state index in [1.165, 1.54) is 0 Å². The monoisotopic (exact) mass is 271 g/mol. The van der Waals surface area contributed by atoms with Crippen molar-refractivity contribution in [3.05, 3.63) is 53.6 Å². The Morgan fingerprint density at radius 2 is 1.75 bits per heavy atom. The van der Waals surface area contributed by atoms with E-state index in [9.17, 15) is 4.79 Å². The first kappa shape index (κ1) is 13.9. The van der Waals surface area contributed by atoms with Crippen LogP contribution in [0.15, 0.2) is 42.5 Å². The smallest absolute Gasteiger partial charge is 0.167 e. The Labute approximate surface area is 118 Å². The Bertz CT molecular complexity index is 606. The number of methoxy groups -OCH3 is 2. The summed E-state index contributed by atoms with van der Waals surface area (Å²) in [6, 6.07) is 12.5. The predicted octanol–water partition coefficient (Wildman–Crippen LogP) is 2.71. The van der Waals surface area contributed by atoms with Crippen molar-refractivity contribution in [2.45, 2.75) is 6.42 Å². The summed E-state index contributed by atoms with van der Waals surface area (Å²) in [5.41, 5.74) is 7.79. The largest absolute Gasteiger partial charge is 0.497 e. The fourth-order valence-electron chi connectivity index (χ4n) is 1.94. The van der Waals surface area contributed by atoms with Gasteiger partial charge in [-0.15, -0.1) is 0 Å². The third kappa shape index (κ3) is 3.09. The minimum Gasteiger partial charge on any atom is -0.497 e. The molecule has 0 heterocycles. The number of rotatable bonds is 5. The Kier molecular flexibility index (Phi) is 4.25. The number of nitrogen functional groups attached to an aromatic ring is 1. The third-order valence-corrected chi connectivity index (χ3v) is 3.08. The second-order valence-electron chi connectivity index (χ2n) is 4.40. The van der Waals surface area contributed by atoms with E-state index in [0.717, 1.165) is 11.3 Å². The van der Waals surface area contributed by atoms with Gasteiger partial charge in [0.25, 0.3) is 0 Å². The molecule has 4 nitrogen and oxygen atoms in total. The molecule has 0 aliphatic heterocycles. The molecule has 104 valence electrons. The van der Waals surface area contributed by atoms with E-state index in [2.05, 4.69) is 0 Å². The predicted molar refractivity (Wildman–Crippen MR) is 78.4 cm³/mol. The van der Waals surface area contributed by atoms with E-state index >= 15 is 0 Å². The summed E-state index contributed by atoms with van der Waals surface area (Å²) < 4.78 is 10.2. The Morgan fingerprint density at radius 1 is 1.05 bits per heavy atom. The molecule has 0 amide bonds. The molecule has 0 bridgehead atoms. The van der Waals surface area contributed by atoms with E-state index in [1.807, 2.05) is 24.3 Å². The number of anilines is 1. The van der Waals surface area contributed by atoms with E-state index < -0.39 is 0 Å². The first-order chi connectivity index (χ1) is 9.63. The Balaban J connectivity index is 2.12. The summed E-state index contributed by atoms with van der Waals surface area (Å²) in [5.74, 6) is 1.37. The molecule has 0 spiro atoms. The SMILES string of the molecule is COc1ccc(CC(=O)c2ccc(OC)c(N)c2)cc1. The zero-order valence-electron chi connectivity index (χ0n) is 11.6. The number of ether oxygens (including phenoxy) is 2. The van der Waals surface area contributed by atoms with Gasteiger partial charge in [-0.05, 0) is 35.9 Å². The van der Waals surface area contributed by atoms with Crippen LogP contribution in [0.5, 0.6) is 11.5 Å². The van der Waals surface area contributed by atoms with Crippen molar-refractivity contribution in [2.75, 3.05) is 20.0 Å². The number of Topliss-reactive ketones (excluding diaryl/α,β-unsaturated/α-hetero) is 1. The van der Waals surface area contributed by atoms with Crippen LogP contribution in [0, 0.1) is 0 Å². The van der Waals surface area contributed by atoms with Crippen LogP contribution in [-0.2, 0) is 6.42 Å². The van der Waals surface area contributed by atoms with Crippen LogP contribution in [0.3, 0.4) is 0 Å². The molecule has 2 rings (SSSR count).